The van der Waals surface area contributed by atoms with Crippen molar-refractivity contribution < 1.29 is 37.7 Å². The van der Waals surface area contributed by atoms with Crippen molar-refractivity contribution in [3.05, 3.63) is 29.3 Å². The summed E-state index contributed by atoms with van der Waals surface area (Å²) < 4.78 is 0. The molecule has 0 atom stereocenters. The average molecular weight is 234 g/mol. The molecule has 0 unspecified atom stereocenters. The first-order chi connectivity index (χ1) is 6.64. The number of hydrogen-bond donors (Lipinski definition) is 0. The van der Waals surface area contributed by atoms with Crippen LogP contribution in [0.2, 0.25) is 0 Å². The van der Waals surface area contributed by atoms with E-state index in [2.05, 4.69) is 59.7 Å². The zero-order valence-corrected chi connectivity index (χ0v) is 13.6. The fourth-order valence-electron chi connectivity index (χ4n) is 1.75. The Labute approximate surface area is 133 Å². The third-order valence-electron chi connectivity index (χ3n) is 2.65. The summed E-state index contributed by atoms with van der Waals surface area (Å²) in [6, 6.07) is 6.50. The van der Waals surface area contributed by atoms with Gasteiger partial charge in [0, 0.05) is 0 Å². The molecule has 0 heterocycles. The van der Waals surface area contributed by atoms with Crippen LogP contribution >= 0.6 is 9.24 Å². The molecule has 17 heavy (non-hydrogen) atoms. The third kappa shape index (κ3) is 5.15. The maximum atomic E-state index is 4.70. The Balaban J connectivity index is 0. The average Bonchev–Trinajstić information content (AvgIpc) is 1.99. The normalized spacial score (nSPS) is 11.5. The molecule has 0 amide bonds. The van der Waals surface area contributed by atoms with Gasteiger partial charge >= 0.3 is 37.7 Å². The Bertz CT molecular complexity index is 327. The summed E-state index contributed by atoms with van der Waals surface area (Å²) in [5.41, 5.74) is 2.99. The molecule has 0 fully saturated rings. The predicted octanol–water partition coefficient (Wildman–Crippen LogP) is -1.67. The second kappa shape index (κ2) is 6.85. The molecule has 0 aliphatic carbocycles. The summed E-state index contributed by atoms with van der Waals surface area (Å²) in [6.45, 7) is 13.4. The second-order valence-corrected chi connectivity index (χ2v) is 6.65. The largest absolute Gasteiger partial charge is 1.45 e. The quantitative estimate of drug-likeness (QED) is 0.372. The minimum Gasteiger partial charge on any atom is -1.45 e. The van der Waals surface area contributed by atoms with Crippen LogP contribution in [0.1, 0.15) is 52.7 Å². The minimum atomic E-state index is 0. The van der Waals surface area contributed by atoms with Gasteiger partial charge in [0.25, 0.3) is 0 Å². The zero-order valence-electron chi connectivity index (χ0n) is 12.7. The van der Waals surface area contributed by atoms with E-state index in [0.717, 1.165) is 5.30 Å². The Kier molecular flexibility index (Phi) is 8.13. The van der Waals surface area contributed by atoms with Crippen LogP contribution in [-0.4, -0.2) is 0 Å². The van der Waals surface area contributed by atoms with E-state index in [1.807, 2.05) is 0 Å². The van der Waals surface area contributed by atoms with E-state index in [0.29, 0.717) is 0 Å². The molecule has 84 valence electrons. The van der Waals surface area contributed by atoms with Crippen molar-refractivity contribution in [1.29, 1.82) is 0 Å². The van der Waals surface area contributed by atoms with Gasteiger partial charge in [-0.15, -0.1) is 0 Å². The Morgan fingerprint density at radius 1 is 0.765 bits per heavy atom. The maximum Gasteiger partial charge on any atom is 1.00 e. The molecule has 0 bridgehead atoms. The van der Waals surface area contributed by atoms with Crippen molar-refractivity contribution >= 4 is 14.5 Å². The number of rotatable bonds is 0. The van der Waals surface area contributed by atoms with Gasteiger partial charge in [0.05, 0.1) is 0 Å². The molecule has 1 aromatic rings. The van der Waals surface area contributed by atoms with Crippen LogP contribution in [0.3, 0.4) is 0 Å². The van der Waals surface area contributed by atoms with Gasteiger partial charge in [-0.05, 0) is 10.8 Å². The van der Waals surface area contributed by atoms with Crippen molar-refractivity contribution in [2.45, 2.75) is 52.4 Å². The fourth-order valence-corrected chi connectivity index (χ4v) is 2.57. The zero-order chi connectivity index (χ0) is 11.9. The van der Waals surface area contributed by atoms with Gasteiger partial charge < -0.3 is 14.5 Å². The Hall–Kier alpha value is 0.845. The van der Waals surface area contributed by atoms with Crippen LogP contribution in [0, 0.1) is 0 Å². The molecule has 0 saturated heterocycles. The van der Waals surface area contributed by atoms with E-state index in [1.165, 1.54) is 11.1 Å². The SMILES string of the molecule is CC(C)(C)c1cccc(C(C)(C)C)c1[P-2].[Li+].[Li+]. The summed E-state index contributed by atoms with van der Waals surface area (Å²) in [5.74, 6) is 0. The summed E-state index contributed by atoms with van der Waals surface area (Å²) in [7, 11) is 4.70. The molecule has 0 aliphatic heterocycles. The van der Waals surface area contributed by atoms with Crippen LogP contribution in [-0.2, 0) is 10.8 Å². The Morgan fingerprint density at radius 2 is 1.06 bits per heavy atom. The number of hydrogen-bond acceptors (Lipinski definition) is 0. The predicted molar refractivity (Wildman–Crippen MR) is 70.4 cm³/mol. The van der Waals surface area contributed by atoms with Gasteiger partial charge in [-0.25, -0.2) is 0 Å². The smallest absolute Gasteiger partial charge is 1.00 e. The molecule has 0 saturated carbocycles. The van der Waals surface area contributed by atoms with Gasteiger partial charge in [0.2, 0.25) is 0 Å². The molecule has 0 radical (unpaired) electrons. The first-order valence-electron chi connectivity index (χ1n) is 5.47. The van der Waals surface area contributed by atoms with Gasteiger partial charge in [-0.3, -0.25) is 0 Å². The fraction of sp³-hybridized carbons (Fsp3) is 0.571. The van der Waals surface area contributed by atoms with Gasteiger partial charge in [-0.1, -0.05) is 70.9 Å². The molecular formula is C14H21Li2P. The van der Waals surface area contributed by atoms with E-state index in [9.17, 15) is 0 Å². The molecule has 1 aromatic carbocycles. The molecule has 3 heteroatoms. The van der Waals surface area contributed by atoms with Crippen LogP contribution in [0.5, 0.6) is 0 Å². The summed E-state index contributed by atoms with van der Waals surface area (Å²) in [4.78, 5) is 0. The van der Waals surface area contributed by atoms with E-state index >= 15 is 0 Å². The molecule has 0 spiro atoms. The van der Waals surface area contributed by atoms with Crippen molar-refractivity contribution in [3.8, 4) is 0 Å². The molecular weight excluding hydrogens is 213 g/mol. The summed E-state index contributed by atoms with van der Waals surface area (Å²) >= 11 is 0. The second-order valence-electron chi connectivity index (χ2n) is 6.20. The molecule has 1 rings (SSSR count). The monoisotopic (exact) mass is 234 g/mol. The summed E-state index contributed by atoms with van der Waals surface area (Å²) in [6.07, 6.45) is 0. The number of benzene rings is 1. The summed E-state index contributed by atoms with van der Waals surface area (Å²) in [5, 5.41) is 1.15. The van der Waals surface area contributed by atoms with Crippen LogP contribution in [0.4, 0.5) is 0 Å². The van der Waals surface area contributed by atoms with E-state index < -0.39 is 0 Å². The topological polar surface area (TPSA) is 0 Å². The van der Waals surface area contributed by atoms with Crippen molar-refractivity contribution in [2.24, 2.45) is 0 Å². The van der Waals surface area contributed by atoms with Gasteiger partial charge in [0.15, 0.2) is 0 Å². The molecule has 0 aliphatic rings. The minimum absolute atomic E-state index is 0. The van der Waals surface area contributed by atoms with E-state index in [4.69, 9.17) is 9.24 Å². The van der Waals surface area contributed by atoms with Crippen LogP contribution in [0.15, 0.2) is 18.2 Å². The first kappa shape index (κ1) is 20.2. The van der Waals surface area contributed by atoms with Crippen molar-refractivity contribution in [3.63, 3.8) is 0 Å². The third-order valence-corrected chi connectivity index (χ3v) is 3.13. The van der Waals surface area contributed by atoms with Crippen LogP contribution in [0.25, 0.3) is 0 Å². The first-order valence-corrected chi connectivity index (χ1v) is 5.91. The van der Waals surface area contributed by atoms with E-state index in [-0.39, 0.29) is 48.6 Å². The molecule has 0 N–H and O–H groups in total. The standard InChI is InChI=1S/C14H21P.2Li/c1-13(2,3)10-8-7-9-11(12(10)15)14(4,5)6;;/h7-9H,1-6H3;;/q-2;2*+1. The van der Waals surface area contributed by atoms with Crippen molar-refractivity contribution in [1.82, 2.24) is 0 Å². The van der Waals surface area contributed by atoms with Gasteiger partial charge in [-0.2, -0.15) is 0 Å². The van der Waals surface area contributed by atoms with Gasteiger partial charge in [0.1, 0.15) is 0 Å². The Morgan fingerprint density at radius 3 is 1.29 bits per heavy atom. The van der Waals surface area contributed by atoms with E-state index in [1.54, 1.807) is 0 Å². The maximum absolute atomic E-state index is 4.70. The van der Waals surface area contributed by atoms with Crippen molar-refractivity contribution in [2.75, 3.05) is 0 Å². The van der Waals surface area contributed by atoms with Crippen LogP contribution < -0.4 is 43.0 Å². The molecule has 0 aromatic heterocycles. The molecule has 0 nitrogen and oxygen atoms in total.